The van der Waals surface area contributed by atoms with Gasteiger partial charge in [-0.15, -0.1) is 0 Å². The molecule has 17 heavy (non-hydrogen) atoms. The fraction of sp³-hybridized carbons (Fsp3) is 0.0909. The molecule has 0 fully saturated rings. The standard InChI is InChI=1S/C6H7ClN2.C5H3F2N/c7-6-2-1-5(3-8)4-9-6;6-4-2-1-3-8-5(4)7/h1-2,4H,3,8H2;1-3H. The van der Waals surface area contributed by atoms with Gasteiger partial charge in [0.25, 0.3) is 0 Å². The van der Waals surface area contributed by atoms with Crippen LogP contribution in [0.15, 0.2) is 36.7 Å². The summed E-state index contributed by atoms with van der Waals surface area (Å²) in [7, 11) is 0. The Labute approximate surface area is 102 Å². The van der Waals surface area contributed by atoms with Crippen LogP contribution in [0.5, 0.6) is 0 Å². The van der Waals surface area contributed by atoms with Gasteiger partial charge in [-0.1, -0.05) is 17.7 Å². The Morgan fingerprint density at radius 2 is 1.94 bits per heavy atom. The summed E-state index contributed by atoms with van der Waals surface area (Å²) in [4.78, 5) is 6.87. The molecule has 0 aliphatic heterocycles. The molecule has 0 atom stereocenters. The maximum absolute atomic E-state index is 11.9. The lowest BCUT2D eigenvalue weighted by atomic mass is 10.3. The minimum Gasteiger partial charge on any atom is -0.326 e. The molecule has 2 heterocycles. The molecule has 0 aromatic carbocycles. The van der Waals surface area contributed by atoms with Gasteiger partial charge < -0.3 is 5.73 Å². The summed E-state index contributed by atoms with van der Waals surface area (Å²) < 4.78 is 23.7. The third-order valence-corrected chi connectivity index (χ3v) is 1.96. The summed E-state index contributed by atoms with van der Waals surface area (Å²) in [6.45, 7) is 0.518. The molecule has 0 spiro atoms. The van der Waals surface area contributed by atoms with E-state index in [1.165, 1.54) is 12.3 Å². The first-order valence-corrected chi connectivity index (χ1v) is 5.08. The Morgan fingerprint density at radius 3 is 2.35 bits per heavy atom. The molecule has 3 nitrogen and oxygen atoms in total. The molecule has 0 aliphatic carbocycles. The first-order valence-electron chi connectivity index (χ1n) is 4.70. The minimum absolute atomic E-state index is 0.507. The molecule has 2 N–H and O–H groups in total. The van der Waals surface area contributed by atoms with Crippen molar-refractivity contribution >= 4 is 11.6 Å². The summed E-state index contributed by atoms with van der Waals surface area (Å²) in [5.41, 5.74) is 6.32. The topological polar surface area (TPSA) is 51.8 Å². The lowest BCUT2D eigenvalue weighted by Gasteiger charge is -1.92. The predicted octanol–water partition coefficient (Wildman–Crippen LogP) is 2.55. The van der Waals surface area contributed by atoms with Gasteiger partial charge in [0, 0.05) is 18.9 Å². The molecule has 90 valence electrons. The van der Waals surface area contributed by atoms with Gasteiger partial charge in [0.1, 0.15) is 5.15 Å². The normalized spacial score (nSPS) is 9.41. The van der Waals surface area contributed by atoms with Crippen LogP contribution >= 0.6 is 11.6 Å². The van der Waals surface area contributed by atoms with Gasteiger partial charge in [-0.2, -0.15) is 4.39 Å². The zero-order valence-corrected chi connectivity index (χ0v) is 9.53. The molecule has 6 heteroatoms. The molecule has 0 bridgehead atoms. The Morgan fingerprint density at radius 1 is 1.18 bits per heavy atom. The molecule has 0 radical (unpaired) electrons. The van der Waals surface area contributed by atoms with E-state index in [4.69, 9.17) is 17.3 Å². The molecule has 2 aromatic rings. The van der Waals surface area contributed by atoms with Crippen molar-refractivity contribution in [2.45, 2.75) is 6.54 Å². The second-order valence-electron chi connectivity index (χ2n) is 2.97. The average molecular weight is 258 g/mol. The lowest BCUT2D eigenvalue weighted by molar-refractivity contribution is 0.479. The van der Waals surface area contributed by atoms with Crippen LogP contribution in [0.2, 0.25) is 5.15 Å². The summed E-state index contributed by atoms with van der Waals surface area (Å²) in [6.07, 6.45) is 2.86. The quantitative estimate of drug-likeness (QED) is 0.799. The van der Waals surface area contributed by atoms with Gasteiger partial charge in [-0.3, -0.25) is 0 Å². The van der Waals surface area contributed by atoms with Gasteiger partial charge in [0.2, 0.25) is 5.95 Å². The van der Waals surface area contributed by atoms with Crippen LogP contribution in [0.1, 0.15) is 5.56 Å². The van der Waals surface area contributed by atoms with Gasteiger partial charge >= 0.3 is 0 Å². The average Bonchev–Trinajstić information content (AvgIpc) is 2.35. The van der Waals surface area contributed by atoms with E-state index in [0.717, 1.165) is 11.6 Å². The van der Waals surface area contributed by atoms with Crippen LogP contribution in [0.4, 0.5) is 8.78 Å². The number of aromatic nitrogens is 2. The first kappa shape index (κ1) is 13.5. The Kier molecular flexibility index (Phi) is 5.45. The first-order chi connectivity index (χ1) is 8.13. The summed E-state index contributed by atoms with van der Waals surface area (Å²) >= 11 is 5.52. The summed E-state index contributed by atoms with van der Waals surface area (Å²) in [5, 5.41) is 0.507. The SMILES string of the molecule is Fc1cccnc1F.NCc1ccc(Cl)nc1. The monoisotopic (exact) mass is 257 g/mol. The Balaban J connectivity index is 0.000000171. The van der Waals surface area contributed by atoms with E-state index in [2.05, 4.69) is 9.97 Å². The molecule has 0 amide bonds. The van der Waals surface area contributed by atoms with E-state index in [9.17, 15) is 8.78 Å². The zero-order valence-electron chi connectivity index (χ0n) is 8.78. The van der Waals surface area contributed by atoms with Crippen LogP contribution < -0.4 is 5.73 Å². The van der Waals surface area contributed by atoms with E-state index in [1.54, 1.807) is 12.3 Å². The van der Waals surface area contributed by atoms with Crippen LogP contribution in [0.25, 0.3) is 0 Å². The van der Waals surface area contributed by atoms with E-state index >= 15 is 0 Å². The van der Waals surface area contributed by atoms with Crippen molar-refractivity contribution in [2.75, 3.05) is 0 Å². The highest BCUT2D eigenvalue weighted by Gasteiger charge is 1.95. The second kappa shape index (κ2) is 6.88. The zero-order chi connectivity index (χ0) is 12.7. The highest BCUT2D eigenvalue weighted by molar-refractivity contribution is 6.29. The number of nitrogens with zero attached hydrogens (tertiary/aromatic N) is 2. The summed E-state index contributed by atoms with van der Waals surface area (Å²) in [5.74, 6) is -1.96. The number of rotatable bonds is 1. The number of hydrogen-bond donors (Lipinski definition) is 1. The van der Waals surface area contributed by atoms with Crippen LogP contribution in [-0.4, -0.2) is 9.97 Å². The molecule has 2 rings (SSSR count). The van der Waals surface area contributed by atoms with Gasteiger partial charge in [0.15, 0.2) is 5.82 Å². The van der Waals surface area contributed by atoms with E-state index in [0.29, 0.717) is 11.7 Å². The number of nitrogens with two attached hydrogens (primary N) is 1. The molecule has 0 unspecified atom stereocenters. The van der Waals surface area contributed by atoms with E-state index in [-0.39, 0.29) is 0 Å². The maximum Gasteiger partial charge on any atom is 0.248 e. The third-order valence-electron chi connectivity index (χ3n) is 1.74. The fourth-order valence-electron chi connectivity index (χ4n) is 0.894. The highest BCUT2D eigenvalue weighted by Crippen LogP contribution is 2.03. The van der Waals surface area contributed by atoms with E-state index < -0.39 is 11.8 Å². The van der Waals surface area contributed by atoms with Crippen molar-refractivity contribution in [1.82, 2.24) is 9.97 Å². The van der Waals surface area contributed by atoms with Crippen LogP contribution in [-0.2, 0) is 6.54 Å². The molecule has 0 saturated heterocycles. The van der Waals surface area contributed by atoms with Gasteiger partial charge in [-0.25, -0.2) is 14.4 Å². The third kappa shape index (κ3) is 4.84. The van der Waals surface area contributed by atoms with Crippen molar-refractivity contribution in [1.29, 1.82) is 0 Å². The van der Waals surface area contributed by atoms with Crippen LogP contribution in [0, 0.1) is 11.8 Å². The van der Waals surface area contributed by atoms with Crippen molar-refractivity contribution in [3.05, 3.63) is 59.1 Å². The number of halogens is 3. The van der Waals surface area contributed by atoms with E-state index in [1.807, 2.05) is 6.07 Å². The fourth-order valence-corrected chi connectivity index (χ4v) is 1.01. The van der Waals surface area contributed by atoms with Crippen molar-refractivity contribution in [3.8, 4) is 0 Å². The molecular formula is C11H10ClF2N3. The smallest absolute Gasteiger partial charge is 0.248 e. The number of pyridine rings is 2. The minimum atomic E-state index is -1.05. The van der Waals surface area contributed by atoms with Gasteiger partial charge in [-0.05, 0) is 23.8 Å². The second-order valence-corrected chi connectivity index (χ2v) is 3.36. The summed E-state index contributed by atoms with van der Waals surface area (Å²) in [6, 6.07) is 5.93. The predicted molar refractivity (Wildman–Crippen MR) is 61.3 cm³/mol. The molecule has 0 aliphatic rings. The van der Waals surface area contributed by atoms with Crippen LogP contribution in [0.3, 0.4) is 0 Å². The molecule has 0 saturated carbocycles. The van der Waals surface area contributed by atoms with Crippen molar-refractivity contribution in [2.24, 2.45) is 5.73 Å². The van der Waals surface area contributed by atoms with Gasteiger partial charge in [0.05, 0.1) is 0 Å². The highest BCUT2D eigenvalue weighted by atomic mass is 35.5. The number of hydrogen-bond acceptors (Lipinski definition) is 3. The molecule has 2 aromatic heterocycles. The largest absolute Gasteiger partial charge is 0.326 e. The Hall–Kier alpha value is -1.59. The maximum atomic E-state index is 11.9. The lowest BCUT2D eigenvalue weighted by Crippen LogP contribution is -1.95. The van der Waals surface area contributed by atoms with Crippen molar-refractivity contribution < 1.29 is 8.78 Å². The Bertz CT molecular complexity index is 442. The van der Waals surface area contributed by atoms with Crippen molar-refractivity contribution in [3.63, 3.8) is 0 Å². The molecular weight excluding hydrogens is 248 g/mol.